The van der Waals surface area contributed by atoms with Crippen molar-refractivity contribution >= 4 is 0 Å². The third-order valence-corrected chi connectivity index (χ3v) is 8.56. The van der Waals surface area contributed by atoms with E-state index in [1.165, 1.54) is 64.2 Å². The molecule has 0 aromatic rings. The van der Waals surface area contributed by atoms with Gasteiger partial charge in [-0.2, -0.15) is 0 Å². The first-order chi connectivity index (χ1) is 12.1. The lowest BCUT2D eigenvalue weighted by Crippen LogP contribution is -2.40. The average molecular weight is 347 g/mol. The van der Waals surface area contributed by atoms with E-state index in [4.69, 9.17) is 4.74 Å². The first-order valence-corrected chi connectivity index (χ1v) is 11.3. The highest BCUT2D eigenvalue weighted by molar-refractivity contribution is 4.94. The van der Waals surface area contributed by atoms with Gasteiger partial charge >= 0.3 is 0 Å². The Morgan fingerprint density at radius 1 is 0.680 bits per heavy atom. The Balaban J connectivity index is 1.52. The van der Waals surface area contributed by atoms with Crippen molar-refractivity contribution in [3.8, 4) is 0 Å². The zero-order valence-electron chi connectivity index (χ0n) is 17.3. The monoisotopic (exact) mass is 346 g/mol. The van der Waals surface area contributed by atoms with Gasteiger partial charge in [0.25, 0.3) is 0 Å². The minimum absolute atomic E-state index is 0.549. The van der Waals surface area contributed by atoms with Gasteiger partial charge in [-0.3, -0.25) is 0 Å². The first-order valence-electron chi connectivity index (χ1n) is 11.3. The fourth-order valence-corrected chi connectivity index (χ4v) is 6.81. The molecule has 3 fully saturated rings. The molecule has 1 heteroatoms. The third-order valence-electron chi connectivity index (χ3n) is 8.56. The summed E-state index contributed by atoms with van der Waals surface area (Å²) in [7, 11) is 1.89. The van der Waals surface area contributed by atoms with Crippen LogP contribution in [0.15, 0.2) is 12.2 Å². The molecule has 144 valence electrons. The molecule has 0 aromatic carbocycles. The summed E-state index contributed by atoms with van der Waals surface area (Å²) in [6, 6.07) is 0. The molecule has 0 radical (unpaired) electrons. The van der Waals surface area contributed by atoms with Gasteiger partial charge in [-0.05, 0) is 113 Å². The van der Waals surface area contributed by atoms with Crippen molar-refractivity contribution in [2.75, 3.05) is 7.11 Å². The number of hydrogen-bond acceptors (Lipinski definition) is 1. The molecule has 0 aromatic heterocycles. The van der Waals surface area contributed by atoms with E-state index < -0.39 is 0 Å². The summed E-state index contributed by atoms with van der Waals surface area (Å²) in [6.45, 7) is 7.37. The minimum Gasteiger partial charge on any atom is -0.381 e. The summed E-state index contributed by atoms with van der Waals surface area (Å²) in [4.78, 5) is 0. The van der Waals surface area contributed by atoms with Crippen LogP contribution in [0.4, 0.5) is 0 Å². The van der Waals surface area contributed by atoms with Gasteiger partial charge in [0.2, 0.25) is 0 Å². The first kappa shape index (κ1) is 19.5. The largest absolute Gasteiger partial charge is 0.381 e. The van der Waals surface area contributed by atoms with Gasteiger partial charge in [0.1, 0.15) is 0 Å². The van der Waals surface area contributed by atoms with E-state index in [-0.39, 0.29) is 0 Å². The highest BCUT2D eigenvalue weighted by Gasteiger charge is 2.41. The Hall–Kier alpha value is -0.300. The van der Waals surface area contributed by atoms with Crippen molar-refractivity contribution in [3.05, 3.63) is 12.2 Å². The SMILES string of the molecule is C/C=C/C1CCC(C2CCC(C3CCC(OC)CC3)C(C)C2C)CC1. The molecular weight excluding hydrogens is 304 g/mol. The van der Waals surface area contributed by atoms with E-state index in [1.54, 1.807) is 0 Å². The fourth-order valence-electron chi connectivity index (χ4n) is 6.81. The van der Waals surface area contributed by atoms with Crippen molar-refractivity contribution in [1.29, 1.82) is 0 Å². The van der Waals surface area contributed by atoms with Crippen LogP contribution in [0.2, 0.25) is 0 Å². The minimum atomic E-state index is 0.549. The van der Waals surface area contributed by atoms with Gasteiger partial charge in [-0.25, -0.2) is 0 Å². The van der Waals surface area contributed by atoms with E-state index in [2.05, 4.69) is 32.9 Å². The van der Waals surface area contributed by atoms with Crippen molar-refractivity contribution in [2.45, 2.75) is 91.1 Å². The van der Waals surface area contributed by atoms with Crippen molar-refractivity contribution in [3.63, 3.8) is 0 Å². The lowest BCUT2D eigenvalue weighted by Gasteiger charge is -2.48. The van der Waals surface area contributed by atoms with Gasteiger partial charge in [0, 0.05) is 7.11 Å². The predicted octanol–water partition coefficient (Wildman–Crippen LogP) is 6.87. The van der Waals surface area contributed by atoms with Crippen LogP contribution < -0.4 is 0 Å². The zero-order valence-corrected chi connectivity index (χ0v) is 17.3. The molecule has 4 unspecified atom stereocenters. The van der Waals surface area contributed by atoms with Gasteiger partial charge in [0.05, 0.1) is 6.10 Å². The Morgan fingerprint density at radius 2 is 1.16 bits per heavy atom. The van der Waals surface area contributed by atoms with Crippen molar-refractivity contribution < 1.29 is 4.74 Å². The second-order valence-electron chi connectivity index (χ2n) is 9.60. The fraction of sp³-hybridized carbons (Fsp3) is 0.917. The van der Waals surface area contributed by atoms with Crippen LogP contribution in [0.3, 0.4) is 0 Å². The average Bonchev–Trinajstić information content (AvgIpc) is 2.65. The number of ether oxygens (including phenoxy) is 1. The smallest absolute Gasteiger partial charge is 0.0571 e. The topological polar surface area (TPSA) is 9.23 Å². The van der Waals surface area contributed by atoms with Crippen LogP contribution in [0.1, 0.15) is 85.0 Å². The number of hydrogen-bond donors (Lipinski definition) is 0. The molecule has 0 saturated heterocycles. The van der Waals surface area contributed by atoms with Crippen LogP contribution in [0, 0.1) is 41.4 Å². The molecule has 0 amide bonds. The van der Waals surface area contributed by atoms with Crippen LogP contribution in [0.5, 0.6) is 0 Å². The van der Waals surface area contributed by atoms with Crippen LogP contribution >= 0.6 is 0 Å². The van der Waals surface area contributed by atoms with Gasteiger partial charge in [-0.1, -0.05) is 26.0 Å². The highest BCUT2D eigenvalue weighted by Crippen LogP contribution is 2.50. The molecule has 0 N–H and O–H groups in total. The maximum Gasteiger partial charge on any atom is 0.0571 e. The standard InChI is InChI=1S/C24H42O/c1-5-6-19-7-9-20(10-8-19)23-15-16-24(18(3)17(23)2)21-11-13-22(25-4)14-12-21/h5-6,17-24H,7-16H2,1-4H3/b6-5+. The lowest BCUT2D eigenvalue weighted by atomic mass is 9.58. The van der Waals surface area contributed by atoms with E-state index >= 15 is 0 Å². The number of rotatable bonds is 4. The van der Waals surface area contributed by atoms with Gasteiger partial charge in [0.15, 0.2) is 0 Å². The van der Waals surface area contributed by atoms with Crippen LogP contribution in [-0.4, -0.2) is 13.2 Å². The molecule has 0 heterocycles. The summed E-state index contributed by atoms with van der Waals surface area (Å²) >= 11 is 0. The quantitative estimate of drug-likeness (QED) is 0.504. The van der Waals surface area contributed by atoms with E-state index in [0.717, 1.165) is 41.4 Å². The molecule has 3 aliphatic carbocycles. The molecule has 25 heavy (non-hydrogen) atoms. The van der Waals surface area contributed by atoms with Crippen LogP contribution in [0.25, 0.3) is 0 Å². The zero-order chi connectivity index (χ0) is 17.8. The van der Waals surface area contributed by atoms with E-state index in [1.807, 2.05) is 7.11 Å². The normalized spacial score (nSPS) is 46.4. The predicted molar refractivity (Wildman–Crippen MR) is 108 cm³/mol. The van der Waals surface area contributed by atoms with E-state index in [9.17, 15) is 0 Å². The van der Waals surface area contributed by atoms with Gasteiger partial charge in [-0.15, -0.1) is 0 Å². The van der Waals surface area contributed by atoms with Gasteiger partial charge < -0.3 is 4.74 Å². The van der Waals surface area contributed by atoms with Crippen molar-refractivity contribution in [1.82, 2.24) is 0 Å². The van der Waals surface area contributed by atoms with Crippen LogP contribution in [-0.2, 0) is 4.74 Å². The Labute approximate surface area is 157 Å². The summed E-state index contributed by atoms with van der Waals surface area (Å²) in [5, 5.41) is 0. The summed E-state index contributed by atoms with van der Waals surface area (Å²) < 4.78 is 5.59. The Morgan fingerprint density at radius 3 is 1.60 bits per heavy atom. The Bertz CT molecular complexity index is 412. The summed E-state index contributed by atoms with van der Waals surface area (Å²) in [5.74, 6) is 6.73. The summed E-state index contributed by atoms with van der Waals surface area (Å²) in [6.07, 6.45) is 19.6. The summed E-state index contributed by atoms with van der Waals surface area (Å²) in [5.41, 5.74) is 0. The maximum atomic E-state index is 5.59. The van der Waals surface area contributed by atoms with Crippen molar-refractivity contribution in [2.24, 2.45) is 41.4 Å². The Kier molecular flexibility index (Phi) is 7.06. The molecule has 0 aliphatic heterocycles. The molecule has 0 bridgehead atoms. The lowest BCUT2D eigenvalue weighted by molar-refractivity contribution is -0.00265. The maximum absolute atomic E-state index is 5.59. The molecular formula is C24H42O. The molecule has 3 saturated carbocycles. The molecule has 3 rings (SSSR count). The van der Waals surface area contributed by atoms with E-state index in [0.29, 0.717) is 6.10 Å². The second kappa shape index (κ2) is 9.07. The third kappa shape index (κ3) is 4.52. The molecule has 1 nitrogen and oxygen atoms in total. The second-order valence-corrected chi connectivity index (χ2v) is 9.60. The molecule has 4 atom stereocenters. The highest BCUT2D eigenvalue weighted by atomic mass is 16.5. The number of allylic oxidation sites excluding steroid dienone is 2. The molecule has 0 spiro atoms. The number of methoxy groups -OCH3 is 1. The molecule has 3 aliphatic rings.